The Morgan fingerprint density at radius 3 is 2.60 bits per heavy atom. The zero-order valence-electron chi connectivity index (χ0n) is 10.7. The average Bonchev–Trinajstić information content (AvgIpc) is 2.40. The summed E-state index contributed by atoms with van der Waals surface area (Å²) in [6.45, 7) is 2.14. The highest BCUT2D eigenvalue weighted by molar-refractivity contribution is 6.34. The number of benzene rings is 2. The summed E-state index contributed by atoms with van der Waals surface area (Å²) in [5.41, 5.74) is 2.00. The molecule has 0 spiro atoms. The van der Waals surface area contributed by atoms with Crippen molar-refractivity contribution in [3.8, 4) is 5.75 Å². The van der Waals surface area contributed by atoms with E-state index in [1.807, 2.05) is 6.92 Å². The Hall–Kier alpha value is -1.71. The summed E-state index contributed by atoms with van der Waals surface area (Å²) in [7, 11) is 0. The molecule has 1 N–H and O–H groups in total. The number of carboxylic acid groups (broad SMARTS) is 1. The SMILES string of the molecule is Cc1cc(C(=O)O)ccc1COc1cc(Cl)ccc1Cl. The highest BCUT2D eigenvalue weighted by Crippen LogP contribution is 2.28. The molecule has 5 heteroatoms. The molecule has 0 fully saturated rings. The van der Waals surface area contributed by atoms with Crippen LogP contribution in [0.4, 0.5) is 0 Å². The maximum atomic E-state index is 10.9. The lowest BCUT2D eigenvalue weighted by Gasteiger charge is -2.11. The van der Waals surface area contributed by atoms with E-state index in [0.29, 0.717) is 22.4 Å². The van der Waals surface area contributed by atoms with Crippen molar-refractivity contribution in [3.63, 3.8) is 0 Å². The largest absolute Gasteiger partial charge is 0.487 e. The van der Waals surface area contributed by atoms with Gasteiger partial charge in [0.15, 0.2) is 0 Å². The maximum Gasteiger partial charge on any atom is 0.335 e. The van der Waals surface area contributed by atoms with E-state index in [4.69, 9.17) is 33.0 Å². The quantitative estimate of drug-likeness (QED) is 0.899. The Bertz CT molecular complexity index is 654. The van der Waals surface area contributed by atoms with Crippen LogP contribution >= 0.6 is 23.2 Å². The van der Waals surface area contributed by atoms with Crippen molar-refractivity contribution >= 4 is 29.2 Å². The number of ether oxygens (including phenoxy) is 1. The molecule has 0 unspecified atom stereocenters. The molecule has 104 valence electrons. The summed E-state index contributed by atoms with van der Waals surface area (Å²) >= 11 is 11.9. The molecule has 0 aliphatic rings. The van der Waals surface area contributed by atoms with Crippen LogP contribution < -0.4 is 4.74 Å². The molecule has 0 atom stereocenters. The monoisotopic (exact) mass is 310 g/mol. The van der Waals surface area contributed by atoms with Gasteiger partial charge in [-0.3, -0.25) is 0 Å². The van der Waals surface area contributed by atoms with Gasteiger partial charge < -0.3 is 9.84 Å². The third kappa shape index (κ3) is 3.44. The van der Waals surface area contributed by atoms with Gasteiger partial charge in [0.1, 0.15) is 12.4 Å². The first-order valence-electron chi connectivity index (χ1n) is 5.88. The lowest BCUT2D eigenvalue weighted by Crippen LogP contribution is -2.02. The number of carboxylic acids is 1. The first-order chi connectivity index (χ1) is 9.47. The molecule has 3 nitrogen and oxygen atoms in total. The summed E-state index contributed by atoms with van der Waals surface area (Å²) < 4.78 is 5.62. The third-order valence-electron chi connectivity index (χ3n) is 2.87. The van der Waals surface area contributed by atoms with Crippen molar-refractivity contribution in [1.82, 2.24) is 0 Å². The fourth-order valence-electron chi connectivity index (χ4n) is 1.73. The summed E-state index contributed by atoms with van der Waals surface area (Å²) in [4.78, 5) is 10.9. The topological polar surface area (TPSA) is 46.5 Å². The smallest absolute Gasteiger partial charge is 0.335 e. The second-order valence-electron chi connectivity index (χ2n) is 4.31. The molecule has 2 aromatic carbocycles. The second kappa shape index (κ2) is 6.16. The van der Waals surface area contributed by atoms with Crippen LogP contribution in [0.1, 0.15) is 21.5 Å². The predicted molar refractivity (Wildman–Crippen MR) is 78.9 cm³/mol. The standard InChI is InChI=1S/C15H12Cl2O3/c1-9-6-10(15(18)19)2-3-11(9)8-20-14-7-12(16)4-5-13(14)17/h2-7H,8H2,1H3,(H,18,19). The van der Waals surface area contributed by atoms with Gasteiger partial charge in [-0.2, -0.15) is 0 Å². The van der Waals surface area contributed by atoms with Crippen LogP contribution in [0.25, 0.3) is 0 Å². The van der Waals surface area contributed by atoms with Gasteiger partial charge in [0.25, 0.3) is 0 Å². The second-order valence-corrected chi connectivity index (χ2v) is 5.15. The van der Waals surface area contributed by atoms with Crippen molar-refractivity contribution in [3.05, 3.63) is 63.1 Å². The van der Waals surface area contributed by atoms with Crippen LogP contribution in [0.5, 0.6) is 5.75 Å². The number of aryl methyl sites for hydroxylation is 1. The van der Waals surface area contributed by atoms with Crippen molar-refractivity contribution in [1.29, 1.82) is 0 Å². The van der Waals surface area contributed by atoms with E-state index in [1.165, 1.54) is 0 Å². The number of rotatable bonds is 4. The number of aromatic carboxylic acids is 1. The van der Waals surface area contributed by atoms with Crippen LogP contribution in [-0.4, -0.2) is 11.1 Å². The van der Waals surface area contributed by atoms with E-state index < -0.39 is 5.97 Å². The minimum atomic E-state index is -0.946. The first-order valence-corrected chi connectivity index (χ1v) is 6.63. The van der Waals surface area contributed by atoms with E-state index in [9.17, 15) is 4.79 Å². The highest BCUT2D eigenvalue weighted by atomic mass is 35.5. The molecule has 0 amide bonds. The molecule has 20 heavy (non-hydrogen) atoms. The Balaban J connectivity index is 2.15. The number of hydrogen-bond donors (Lipinski definition) is 1. The molecule has 0 bridgehead atoms. The minimum absolute atomic E-state index is 0.257. The van der Waals surface area contributed by atoms with E-state index in [1.54, 1.807) is 36.4 Å². The third-order valence-corrected chi connectivity index (χ3v) is 3.41. The Morgan fingerprint density at radius 1 is 1.20 bits per heavy atom. The van der Waals surface area contributed by atoms with Gasteiger partial charge >= 0.3 is 5.97 Å². The van der Waals surface area contributed by atoms with Crippen LogP contribution in [0.2, 0.25) is 10.0 Å². The molecule has 0 aliphatic carbocycles. The van der Waals surface area contributed by atoms with Crippen molar-refractivity contribution in [2.24, 2.45) is 0 Å². The van der Waals surface area contributed by atoms with Gasteiger partial charge in [0.05, 0.1) is 10.6 Å². The van der Waals surface area contributed by atoms with Gasteiger partial charge in [-0.05, 0) is 42.3 Å². The van der Waals surface area contributed by atoms with Gasteiger partial charge in [0, 0.05) is 11.1 Å². The van der Waals surface area contributed by atoms with Crippen molar-refractivity contribution in [2.75, 3.05) is 0 Å². The molecule has 2 aromatic rings. The summed E-state index contributed by atoms with van der Waals surface area (Å²) in [5.74, 6) is -0.445. The molecule has 0 saturated heterocycles. The molecule has 0 radical (unpaired) electrons. The van der Waals surface area contributed by atoms with E-state index in [0.717, 1.165) is 11.1 Å². The lowest BCUT2D eigenvalue weighted by atomic mass is 10.1. The average molecular weight is 311 g/mol. The molecular weight excluding hydrogens is 299 g/mol. The lowest BCUT2D eigenvalue weighted by molar-refractivity contribution is 0.0696. The van der Waals surface area contributed by atoms with Crippen molar-refractivity contribution in [2.45, 2.75) is 13.5 Å². The van der Waals surface area contributed by atoms with Gasteiger partial charge in [-0.15, -0.1) is 0 Å². The summed E-state index contributed by atoms with van der Waals surface area (Å²) in [6, 6.07) is 9.89. The van der Waals surface area contributed by atoms with Crippen LogP contribution in [0.3, 0.4) is 0 Å². The van der Waals surface area contributed by atoms with Crippen LogP contribution in [-0.2, 0) is 6.61 Å². The van der Waals surface area contributed by atoms with Crippen molar-refractivity contribution < 1.29 is 14.6 Å². The molecular formula is C15H12Cl2O3. The van der Waals surface area contributed by atoms with Gasteiger partial charge in [0.2, 0.25) is 0 Å². The molecule has 2 rings (SSSR count). The van der Waals surface area contributed by atoms with Gasteiger partial charge in [-0.25, -0.2) is 4.79 Å². The van der Waals surface area contributed by atoms with Crippen LogP contribution in [0, 0.1) is 6.92 Å². The zero-order valence-corrected chi connectivity index (χ0v) is 12.2. The van der Waals surface area contributed by atoms with E-state index in [-0.39, 0.29) is 5.56 Å². The van der Waals surface area contributed by atoms with E-state index >= 15 is 0 Å². The normalized spacial score (nSPS) is 10.3. The number of carbonyl (C=O) groups is 1. The fraction of sp³-hybridized carbons (Fsp3) is 0.133. The molecule has 0 aliphatic heterocycles. The molecule has 0 aromatic heterocycles. The maximum absolute atomic E-state index is 10.9. The highest BCUT2D eigenvalue weighted by Gasteiger charge is 2.08. The van der Waals surface area contributed by atoms with E-state index in [2.05, 4.69) is 0 Å². The summed E-state index contributed by atoms with van der Waals surface area (Å²) in [6.07, 6.45) is 0. The predicted octanol–water partition coefficient (Wildman–Crippen LogP) is 4.58. The fourth-order valence-corrected chi connectivity index (χ4v) is 2.07. The number of hydrogen-bond acceptors (Lipinski definition) is 2. The Morgan fingerprint density at radius 2 is 1.95 bits per heavy atom. The summed E-state index contributed by atoms with van der Waals surface area (Å²) in [5, 5.41) is 9.94. The molecule has 0 saturated carbocycles. The Kier molecular flexibility index (Phi) is 4.53. The minimum Gasteiger partial charge on any atom is -0.487 e. The number of halogens is 2. The first kappa shape index (κ1) is 14.7. The Labute approximate surface area is 126 Å². The molecule has 0 heterocycles. The van der Waals surface area contributed by atoms with Crippen LogP contribution in [0.15, 0.2) is 36.4 Å². The zero-order chi connectivity index (χ0) is 14.7. The van der Waals surface area contributed by atoms with Gasteiger partial charge in [-0.1, -0.05) is 29.3 Å².